The average Bonchev–Trinajstić information content (AvgIpc) is 2.65. The third kappa shape index (κ3) is 2.41. The third-order valence-corrected chi connectivity index (χ3v) is 3.50. The van der Waals surface area contributed by atoms with E-state index in [1.807, 2.05) is 0 Å². The van der Waals surface area contributed by atoms with E-state index in [2.05, 4.69) is 26.0 Å². The molecule has 0 saturated heterocycles. The van der Waals surface area contributed by atoms with Crippen molar-refractivity contribution in [1.82, 2.24) is 0 Å². The predicted molar refractivity (Wildman–Crippen MR) is 74.0 cm³/mol. The second-order valence-electron chi connectivity index (χ2n) is 4.31. The lowest BCUT2D eigenvalue weighted by atomic mass is 10.0. The number of benzene rings is 1. The van der Waals surface area contributed by atoms with Crippen LogP contribution in [0.4, 0.5) is 5.69 Å². The summed E-state index contributed by atoms with van der Waals surface area (Å²) in [4.78, 5) is 23.2. The van der Waals surface area contributed by atoms with Crippen LogP contribution < -0.4 is 5.32 Å². The first kappa shape index (κ1) is 14.5. The number of nitrogens with one attached hydrogen (secondary N) is 1. The molecule has 0 radical (unpaired) electrons. The number of allylic oxidation sites excluding steroid dienone is 1. The van der Waals surface area contributed by atoms with Gasteiger partial charge in [0, 0.05) is 10.2 Å². The summed E-state index contributed by atoms with van der Waals surface area (Å²) in [6, 6.07) is 6.78. The summed E-state index contributed by atoms with van der Waals surface area (Å²) in [5.41, 5.74) is -1.95. The maximum Gasteiger partial charge on any atom is 0.344 e. The average molecular weight is 342 g/mol. The number of hydrogen-bond donors (Lipinski definition) is 3. The molecule has 0 spiro atoms. The lowest BCUT2D eigenvalue weighted by Gasteiger charge is -2.23. The SMILES string of the molecule is COC(=O)C1(O)CC(=O)C(O)=C1Nc1ccc(Br)cc1. The molecular formula is C13H12BrNO5. The third-order valence-electron chi connectivity index (χ3n) is 2.97. The van der Waals surface area contributed by atoms with Gasteiger partial charge in [0.05, 0.1) is 13.5 Å². The summed E-state index contributed by atoms with van der Waals surface area (Å²) in [7, 11) is 1.09. The summed E-state index contributed by atoms with van der Waals surface area (Å²) in [6.45, 7) is 0. The highest BCUT2D eigenvalue weighted by Crippen LogP contribution is 2.34. The molecule has 1 unspecified atom stereocenters. The first-order valence-electron chi connectivity index (χ1n) is 5.69. The Bertz CT molecular complexity index is 595. The van der Waals surface area contributed by atoms with Gasteiger partial charge < -0.3 is 20.3 Å². The zero-order valence-electron chi connectivity index (χ0n) is 10.5. The van der Waals surface area contributed by atoms with E-state index >= 15 is 0 Å². The molecule has 1 aliphatic carbocycles. The van der Waals surface area contributed by atoms with Crippen LogP contribution in [0.5, 0.6) is 0 Å². The minimum absolute atomic E-state index is 0.267. The van der Waals surface area contributed by atoms with Gasteiger partial charge in [-0.3, -0.25) is 4.79 Å². The normalized spacial score (nSPS) is 22.1. The maximum absolute atomic E-state index is 11.7. The Balaban J connectivity index is 2.37. The van der Waals surface area contributed by atoms with Crippen molar-refractivity contribution in [2.24, 2.45) is 0 Å². The number of esters is 1. The van der Waals surface area contributed by atoms with E-state index in [9.17, 15) is 19.8 Å². The van der Waals surface area contributed by atoms with Gasteiger partial charge in [0.1, 0.15) is 5.70 Å². The van der Waals surface area contributed by atoms with Crippen molar-refractivity contribution in [3.63, 3.8) is 0 Å². The maximum atomic E-state index is 11.7. The number of ketones is 1. The quantitative estimate of drug-likeness (QED) is 0.721. The van der Waals surface area contributed by atoms with E-state index in [1.165, 1.54) is 0 Å². The predicted octanol–water partition coefficient (Wildman–Crippen LogP) is 1.51. The van der Waals surface area contributed by atoms with E-state index < -0.39 is 29.5 Å². The van der Waals surface area contributed by atoms with Gasteiger partial charge in [0.25, 0.3) is 0 Å². The van der Waals surface area contributed by atoms with Crippen molar-refractivity contribution in [3.05, 3.63) is 40.2 Å². The number of Topliss-reactive ketones (excluding diaryl/α,β-unsaturated/α-hetero) is 1. The molecule has 2 rings (SSSR count). The summed E-state index contributed by atoms with van der Waals surface area (Å²) in [5, 5.41) is 22.7. The molecule has 0 amide bonds. The van der Waals surface area contributed by atoms with Crippen molar-refractivity contribution in [1.29, 1.82) is 0 Å². The molecule has 0 heterocycles. The number of halogens is 1. The molecule has 0 aliphatic heterocycles. The molecule has 0 fully saturated rings. The van der Waals surface area contributed by atoms with Crippen LogP contribution in [0.2, 0.25) is 0 Å². The van der Waals surface area contributed by atoms with Crippen molar-refractivity contribution in [2.45, 2.75) is 12.0 Å². The minimum atomic E-state index is -2.19. The molecule has 0 saturated carbocycles. The number of carbonyl (C=O) groups is 2. The largest absolute Gasteiger partial charge is 0.503 e. The van der Waals surface area contributed by atoms with Crippen LogP contribution in [0.25, 0.3) is 0 Å². The second kappa shape index (κ2) is 5.26. The molecule has 7 heteroatoms. The van der Waals surface area contributed by atoms with Crippen LogP contribution in [0.15, 0.2) is 40.2 Å². The number of methoxy groups -OCH3 is 1. The Morgan fingerprint density at radius 3 is 2.55 bits per heavy atom. The molecular weight excluding hydrogens is 330 g/mol. The zero-order chi connectivity index (χ0) is 14.9. The lowest BCUT2D eigenvalue weighted by Crippen LogP contribution is -2.42. The highest BCUT2D eigenvalue weighted by molar-refractivity contribution is 9.10. The van der Waals surface area contributed by atoms with Crippen LogP contribution in [0, 0.1) is 0 Å². The van der Waals surface area contributed by atoms with Gasteiger partial charge in [-0.25, -0.2) is 4.79 Å². The summed E-state index contributed by atoms with van der Waals surface area (Å²) < 4.78 is 5.33. The van der Waals surface area contributed by atoms with Crippen LogP contribution in [0.3, 0.4) is 0 Å². The van der Waals surface area contributed by atoms with E-state index in [-0.39, 0.29) is 5.70 Å². The summed E-state index contributed by atoms with van der Waals surface area (Å²) >= 11 is 3.27. The molecule has 20 heavy (non-hydrogen) atoms. The van der Waals surface area contributed by atoms with Crippen LogP contribution >= 0.6 is 15.9 Å². The monoisotopic (exact) mass is 341 g/mol. The zero-order valence-corrected chi connectivity index (χ0v) is 12.1. The van der Waals surface area contributed by atoms with Crippen LogP contribution in [-0.4, -0.2) is 34.7 Å². The Morgan fingerprint density at radius 1 is 1.40 bits per heavy atom. The topological polar surface area (TPSA) is 95.9 Å². The van der Waals surface area contributed by atoms with Crippen molar-refractivity contribution >= 4 is 33.4 Å². The number of rotatable bonds is 3. The highest BCUT2D eigenvalue weighted by Gasteiger charge is 2.52. The summed E-state index contributed by atoms with van der Waals surface area (Å²) in [5.74, 6) is -2.40. The van der Waals surface area contributed by atoms with Crippen LogP contribution in [0.1, 0.15) is 6.42 Å². The van der Waals surface area contributed by atoms with Gasteiger partial charge in [-0.05, 0) is 24.3 Å². The fraction of sp³-hybridized carbons (Fsp3) is 0.231. The first-order valence-corrected chi connectivity index (χ1v) is 6.48. The Labute approximate surface area is 123 Å². The van der Waals surface area contributed by atoms with E-state index in [4.69, 9.17) is 0 Å². The number of hydrogen-bond acceptors (Lipinski definition) is 6. The number of carbonyl (C=O) groups excluding carboxylic acids is 2. The van der Waals surface area contributed by atoms with Gasteiger partial charge in [-0.2, -0.15) is 0 Å². The number of aliphatic hydroxyl groups excluding tert-OH is 1. The van der Waals surface area contributed by atoms with Gasteiger partial charge in [0.15, 0.2) is 5.76 Å². The molecule has 3 N–H and O–H groups in total. The van der Waals surface area contributed by atoms with E-state index in [0.29, 0.717) is 5.69 Å². The molecule has 1 aromatic carbocycles. The van der Waals surface area contributed by atoms with E-state index in [0.717, 1.165) is 11.6 Å². The van der Waals surface area contributed by atoms with Crippen molar-refractivity contribution in [2.75, 3.05) is 12.4 Å². The molecule has 1 aromatic rings. The number of ether oxygens (including phenoxy) is 1. The van der Waals surface area contributed by atoms with Gasteiger partial charge >= 0.3 is 5.97 Å². The van der Waals surface area contributed by atoms with Crippen molar-refractivity contribution in [3.8, 4) is 0 Å². The fourth-order valence-corrected chi connectivity index (χ4v) is 2.19. The van der Waals surface area contributed by atoms with Gasteiger partial charge in [0.2, 0.25) is 11.4 Å². The molecule has 0 bridgehead atoms. The number of aliphatic hydroxyl groups is 2. The van der Waals surface area contributed by atoms with Gasteiger partial charge in [-0.15, -0.1) is 0 Å². The van der Waals surface area contributed by atoms with Gasteiger partial charge in [-0.1, -0.05) is 15.9 Å². The Hall–Kier alpha value is -1.86. The van der Waals surface area contributed by atoms with E-state index in [1.54, 1.807) is 24.3 Å². The molecule has 1 aliphatic rings. The Morgan fingerprint density at radius 2 is 2.00 bits per heavy atom. The molecule has 106 valence electrons. The number of anilines is 1. The standard InChI is InChI=1S/C13H12BrNO5/c1-20-12(18)13(19)6-9(16)10(17)11(13)15-8-4-2-7(14)3-5-8/h2-5,15,17,19H,6H2,1H3. The molecule has 6 nitrogen and oxygen atoms in total. The first-order chi connectivity index (χ1) is 9.38. The lowest BCUT2D eigenvalue weighted by molar-refractivity contribution is -0.159. The fourth-order valence-electron chi connectivity index (χ4n) is 1.92. The second-order valence-corrected chi connectivity index (χ2v) is 5.22. The molecule has 0 aromatic heterocycles. The minimum Gasteiger partial charge on any atom is -0.503 e. The summed E-state index contributed by atoms with van der Waals surface area (Å²) in [6.07, 6.45) is -0.551. The molecule has 1 atom stereocenters. The highest BCUT2D eigenvalue weighted by atomic mass is 79.9. The smallest absolute Gasteiger partial charge is 0.344 e. The Kier molecular flexibility index (Phi) is 3.82. The van der Waals surface area contributed by atoms with Crippen LogP contribution in [-0.2, 0) is 14.3 Å². The van der Waals surface area contributed by atoms with Crippen molar-refractivity contribution < 1.29 is 24.5 Å².